The molecule has 0 saturated heterocycles. The summed E-state index contributed by atoms with van der Waals surface area (Å²) in [6, 6.07) is 5.38. The number of ether oxygens (including phenoxy) is 3. The average Bonchev–Trinajstić information content (AvgIpc) is 2.81. The molecule has 0 spiro atoms. The molecule has 0 aliphatic heterocycles. The predicted octanol–water partition coefficient (Wildman–Crippen LogP) is 2.77. The van der Waals surface area contributed by atoms with Gasteiger partial charge in [0.2, 0.25) is 0 Å². The lowest BCUT2D eigenvalue weighted by Crippen LogP contribution is -2.07. The fraction of sp³-hybridized carbons (Fsp3) is 0.312. The Morgan fingerprint density at radius 3 is 2.59 bits per heavy atom. The summed E-state index contributed by atoms with van der Waals surface area (Å²) in [5, 5.41) is 0. The van der Waals surface area contributed by atoms with Gasteiger partial charge in [0.15, 0.2) is 0 Å². The van der Waals surface area contributed by atoms with Crippen molar-refractivity contribution < 1.29 is 19.0 Å². The van der Waals surface area contributed by atoms with Gasteiger partial charge in [-0.25, -0.2) is 4.79 Å². The van der Waals surface area contributed by atoms with Crippen LogP contribution in [0.5, 0.6) is 11.5 Å². The Morgan fingerprint density at radius 2 is 2.00 bits per heavy atom. The van der Waals surface area contributed by atoms with Gasteiger partial charge in [-0.1, -0.05) is 0 Å². The number of nitrogen functional groups attached to an aromatic ring is 1. The van der Waals surface area contributed by atoms with Gasteiger partial charge in [-0.05, 0) is 32.0 Å². The number of nitrogens with one attached hydrogen (secondary N) is 1. The quantitative estimate of drug-likeness (QED) is 0.829. The molecule has 6 nitrogen and oxygen atoms in total. The van der Waals surface area contributed by atoms with E-state index >= 15 is 0 Å². The lowest BCUT2D eigenvalue weighted by atomic mass is 10.1. The third kappa shape index (κ3) is 2.72. The number of nitrogens with two attached hydrogens (primary N) is 1. The highest BCUT2D eigenvalue weighted by Gasteiger charge is 2.22. The van der Waals surface area contributed by atoms with Gasteiger partial charge in [-0.2, -0.15) is 0 Å². The second kappa shape index (κ2) is 6.43. The third-order valence-electron chi connectivity index (χ3n) is 3.38. The van der Waals surface area contributed by atoms with E-state index in [1.807, 2.05) is 0 Å². The van der Waals surface area contributed by atoms with Crippen LogP contribution in [0, 0.1) is 6.92 Å². The molecule has 2 aromatic rings. The van der Waals surface area contributed by atoms with Gasteiger partial charge < -0.3 is 24.9 Å². The van der Waals surface area contributed by atoms with Crippen molar-refractivity contribution in [3.8, 4) is 22.8 Å². The molecule has 0 bridgehead atoms. The second-order valence-corrected chi connectivity index (χ2v) is 4.70. The van der Waals surface area contributed by atoms with E-state index < -0.39 is 5.97 Å². The summed E-state index contributed by atoms with van der Waals surface area (Å²) < 4.78 is 15.6. The standard InChI is InChI=1S/C16H20N2O4/c1-5-22-16(19)13-9(2)18-15(14(13)17)11-8-10(20-3)6-7-12(11)21-4/h6-8,18H,5,17H2,1-4H3. The number of H-pyrrole nitrogens is 1. The number of esters is 1. The molecule has 0 unspecified atom stereocenters. The van der Waals surface area contributed by atoms with E-state index in [9.17, 15) is 4.79 Å². The van der Waals surface area contributed by atoms with Gasteiger partial charge in [0.1, 0.15) is 17.1 Å². The van der Waals surface area contributed by atoms with Crippen LogP contribution >= 0.6 is 0 Å². The zero-order valence-electron chi connectivity index (χ0n) is 13.1. The first-order valence-electron chi connectivity index (χ1n) is 6.91. The van der Waals surface area contributed by atoms with E-state index in [4.69, 9.17) is 19.9 Å². The van der Waals surface area contributed by atoms with Crippen molar-refractivity contribution in [3.05, 3.63) is 29.5 Å². The van der Waals surface area contributed by atoms with Crippen LogP contribution in [-0.2, 0) is 4.74 Å². The fourth-order valence-electron chi connectivity index (χ4n) is 2.33. The highest BCUT2D eigenvalue weighted by molar-refractivity contribution is 6.01. The summed E-state index contributed by atoms with van der Waals surface area (Å²) in [5.74, 6) is 0.853. The molecule has 0 aliphatic carbocycles. The molecule has 6 heteroatoms. The molecular formula is C16H20N2O4. The number of rotatable bonds is 5. The van der Waals surface area contributed by atoms with Crippen LogP contribution in [0.3, 0.4) is 0 Å². The predicted molar refractivity (Wildman–Crippen MR) is 84.4 cm³/mol. The molecule has 0 saturated carbocycles. The smallest absolute Gasteiger partial charge is 0.342 e. The summed E-state index contributed by atoms with van der Waals surface area (Å²) in [6.07, 6.45) is 0. The fourth-order valence-corrected chi connectivity index (χ4v) is 2.33. The van der Waals surface area contributed by atoms with Crippen molar-refractivity contribution in [1.29, 1.82) is 0 Å². The molecule has 118 valence electrons. The summed E-state index contributed by atoms with van der Waals surface area (Å²) in [4.78, 5) is 15.2. The van der Waals surface area contributed by atoms with Crippen LogP contribution < -0.4 is 15.2 Å². The number of aromatic amines is 1. The molecule has 22 heavy (non-hydrogen) atoms. The Kier molecular flexibility index (Phi) is 4.60. The molecule has 0 amide bonds. The summed E-state index contributed by atoms with van der Waals surface area (Å²) in [7, 11) is 3.16. The van der Waals surface area contributed by atoms with Crippen LogP contribution in [0.4, 0.5) is 5.69 Å². The topological polar surface area (TPSA) is 86.6 Å². The van der Waals surface area contributed by atoms with Crippen molar-refractivity contribution in [2.75, 3.05) is 26.6 Å². The molecule has 0 fully saturated rings. The lowest BCUT2D eigenvalue weighted by Gasteiger charge is -2.10. The van der Waals surface area contributed by atoms with Crippen molar-refractivity contribution in [2.24, 2.45) is 0 Å². The third-order valence-corrected chi connectivity index (χ3v) is 3.38. The summed E-state index contributed by atoms with van der Waals surface area (Å²) in [5.41, 5.74) is 8.82. The highest BCUT2D eigenvalue weighted by Crippen LogP contribution is 2.38. The minimum Gasteiger partial charge on any atom is -0.497 e. The molecule has 1 aromatic carbocycles. The minimum absolute atomic E-state index is 0.292. The van der Waals surface area contributed by atoms with E-state index in [2.05, 4.69) is 4.98 Å². The monoisotopic (exact) mass is 304 g/mol. The average molecular weight is 304 g/mol. The highest BCUT2D eigenvalue weighted by atomic mass is 16.5. The largest absolute Gasteiger partial charge is 0.497 e. The van der Waals surface area contributed by atoms with E-state index in [-0.39, 0.29) is 0 Å². The zero-order valence-corrected chi connectivity index (χ0v) is 13.1. The normalized spacial score (nSPS) is 10.4. The van der Waals surface area contributed by atoms with E-state index in [1.165, 1.54) is 0 Å². The van der Waals surface area contributed by atoms with E-state index in [1.54, 1.807) is 46.3 Å². The van der Waals surface area contributed by atoms with Gasteiger partial charge >= 0.3 is 5.97 Å². The van der Waals surface area contributed by atoms with Gasteiger partial charge in [-0.3, -0.25) is 0 Å². The molecule has 3 N–H and O–H groups in total. The summed E-state index contributed by atoms with van der Waals surface area (Å²) >= 11 is 0. The van der Waals surface area contributed by atoms with Crippen LogP contribution in [0.2, 0.25) is 0 Å². The number of carbonyl (C=O) groups excluding carboxylic acids is 1. The number of anilines is 1. The van der Waals surface area contributed by atoms with E-state index in [0.717, 1.165) is 5.56 Å². The first-order valence-corrected chi connectivity index (χ1v) is 6.91. The minimum atomic E-state index is -0.443. The van der Waals surface area contributed by atoms with Gasteiger partial charge in [0, 0.05) is 11.3 Å². The number of benzene rings is 1. The number of methoxy groups -OCH3 is 2. The number of carbonyl (C=O) groups is 1. The van der Waals surface area contributed by atoms with E-state index in [0.29, 0.717) is 40.7 Å². The molecule has 1 aromatic heterocycles. The summed E-state index contributed by atoms with van der Waals surface area (Å²) in [6.45, 7) is 3.82. The van der Waals surface area contributed by atoms with Crippen molar-refractivity contribution in [1.82, 2.24) is 4.98 Å². The maximum atomic E-state index is 12.0. The molecule has 0 radical (unpaired) electrons. The van der Waals surface area contributed by atoms with Crippen LogP contribution in [0.15, 0.2) is 18.2 Å². The maximum Gasteiger partial charge on any atom is 0.342 e. The number of aromatic nitrogens is 1. The van der Waals surface area contributed by atoms with Gasteiger partial charge in [0.25, 0.3) is 0 Å². The molecular weight excluding hydrogens is 284 g/mol. The van der Waals surface area contributed by atoms with Crippen LogP contribution in [0.25, 0.3) is 11.3 Å². The maximum absolute atomic E-state index is 12.0. The van der Waals surface area contributed by atoms with Crippen molar-refractivity contribution in [2.45, 2.75) is 13.8 Å². The van der Waals surface area contributed by atoms with Crippen LogP contribution in [-0.4, -0.2) is 31.8 Å². The molecule has 0 atom stereocenters. The Bertz CT molecular complexity index is 692. The van der Waals surface area contributed by atoms with Gasteiger partial charge in [0.05, 0.1) is 32.2 Å². The Labute approximate surface area is 129 Å². The SMILES string of the molecule is CCOC(=O)c1c(C)[nH]c(-c2cc(OC)ccc2OC)c1N. The zero-order chi connectivity index (χ0) is 16.3. The first-order chi connectivity index (χ1) is 10.5. The number of hydrogen-bond acceptors (Lipinski definition) is 5. The first kappa shape index (κ1) is 15.8. The lowest BCUT2D eigenvalue weighted by molar-refractivity contribution is 0.0527. The number of aryl methyl sites for hydroxylation is 1. The second-order valence-electron chi connectivity index (χ2n) is 4.70. The van der Waals surface area contributed by atoms with Crippen molar-refractivity contribution >= 4 is 11.7 Å². The molecule has 2 rings (SSSR count). The number of hydrogen-bond donors (Lipinski definition) is 2. The van der Waals surface area contributed by atoms with Crippen molar-refractivity contribution in [3.63, 3.8) is 0 Å². The van der Waals surface area contributed by atoms with Crippen LogP contribution in [0.1, 0.15) is 23.0 Å². The molecule has 1 heterocycles. The van der Waals surface area contributed by atoms with Gasteiger partial charge in [-0.15, -0.1) is 0 Å². The Morgan fingerprint density at radius 1 is 1.27 bits per heavy atom. The molecule has 0 aliphatic rings. The Balaban J connectivity index is 2.59. The Hall–Kier alpha value is -2.63.